The molecule has 0 spiro atoms. The van der Waals surface area contributed by atoms with Crippen LogP contribution in [-0.4, -0.2) is 54.3 Å². The molecule has 0 amide bonds. The molecule has 0 unspecified atom stereocenters. The van der Waals surface area contributed by atoms with Crippen LogP contribution in [0.1, 0.15) is 311 Å². The van der Waals surface area contributed by atoms with Gasteiger partial charge in [-0.25, -0.2) is 33.7 Å². The third-order valence-electron chi connectivity index (χ3n) is 25.7. The van der Waals surface area contributed by atoms with Crippen molar-refractivity contribution in [2.45, 2.75) is 313 Å². The zero-order valence-electron chi connectivity index (χ0n) is 81.9. The highest BCUT2D eigenvalue weighted by atomic mass is 32.2. The number of fused-ring (bicyclic) bond motifs is 12. The molecule has 0 atom stereocenters. The van der Waals surface area contributed by atoms with Gasteiger partial charge in [-0.3, -0.25) is 0 Å². The molecular formula is C112H133N5O8S7. The molecule has 0 aliphatic carbocycles. The molecule has 12 aromatic carbocycles. The highest BCUT2D eigenvalue weighted by Crippen LogP contribution is 2.54. The average Bonchev–Trinajstić information content (AvgIpc) is 0.698. The van der Waals surface area contributed by atoms with Gasteiger partial charge in [-0.05, 0) is 290 Å². The normalized spacial score (nSPS) is 14.9. The summed E-state index contributed by atoms with van der Waals surface area (Å²) < 4.78 is 104. The van der Waals surface area contributed by atoms with E-state index in [0.717, 1.165) is 78.0 Å². The van der Waals surface area contributed by atoms with Gasteiger partial charge in [0.25, 0.3) is 0 Å². The summed E-state index contributed by atoms with van der Waals surface area (Å²) in [5.74, 6) is 4.96. The molecule has 6 aliphatic heterocycles. The highest BCUT2D eigenvalue weighted by Gasteiger charge is 2.38. The van der Waals surface area contributed by atoms with Gasteiger partial charge in [-0.15, -0.1) is 0 Å². The summed E-state index contributed by atoms with van der Waals surface area (Å²) in [6.07, 6.45) is 0. The van der Waals surface area contributed by atoms with Gasteiger partial charge in [0.2, 0.25) is 39.3 Å². The maximum absolute atomic E-state index is 13.2. The SMILES string of the molecule is CC(C)c1ccc2c(c1)N(C)c1ccc(C(C)C)cc1S2(=O)=O.CC(C)c1ccc2c(c1)Nc1ccc(C(C)C)cc1S2.CC(C)c1ccc2c(c1)Nc1ccc(C(C)C)cc1S2(=O)=O.CC(C)c1ccc2c(c1)Sc1ccc(C(C)C)cc1N2C.CC(C)c1ccc2c(c1)Sc1ccc(C(C)C)cc1S2(=O)=O.CCN1c2cc(C(C)C)ccc2S(=O)(=O)c2cc(C(C)C)ccc21. The molecule has 0 saturated heterocycles. The van der Waals surface area contributed by atoms with Crippen LogP contribution in [-0.2, 0) is 39.3 Å². The highest BCUT2D eigenvalue weighted by molar-refractivity contribution is 8.02. The van der Waals surface area contributed by atoms with Gasteiger partial charge in [0.1, 0.15) is 0 Å². The predicted molar refractivity (Wildman–Crippen MR) is 556 cm³/mol. The van der Waals surface area contributed by atoms with E-state index in [2.05, 4.69) is 273 Å². The Morgan fingerprint density at radius 1 is 0.212 bits per heavy atom. The second kappa shape index (κ2) is 40.2. The summed E-state index contributed by atoms with van der Waals surface area (Å²) in [4.78, 5) is 16.8. The topological polar surface area (TPSA) is 170 Å². The molecule has 18 rings (SSSR count). The lowest BCUT2D eigenvalue weighted by molar-refractivity contribution is 0.589. The van der Waals surface area contributed by atoms with E-state index in [9.17, 15) is 33.7 Å². The minimum Gasteiger partial charge on any atom is -0.354 e. The van der Waals surface area contributed by atoms with E-state index in [-0.39, 0.29) is 0 Å². The van der Waals surface area contributed by atoms with E-state index < -0.39 is 39.3 Å². The van der Waals surface area contributed by atoms with E-state index in [1.165, 1.54) is 70.1 Å². The lowest BCUT2D eigenvalue weighted by Crippen LogP contribution is -2.26. The summed E-state index contributed by atoms with van der Waals surface area (Å²) in [5, 5.41) is 6.86. The zero-order chi connectivity index (χ0) is 96.1. The van der Waals surface area contributed by atoms with Crippen molar-refractivity contribution in [1.29, 1.82) is 0 Å². The molecule has 696 valence electrons. The Bertz CT molecular complexity index is 6650. The molecule has 0 radical (unpaired) electrons. The Morgan fingerprint density at radius 2 is 0.508 bits per heavy atom. The smallest absolute Gasteiger partial charge is 0.210 e. The Kier molecular flexibility index (Phi) is 30.4. The van der Waals surface area contributed by atoms with Crippen LogP contribution in [0.4, 0.5) is 56.9 Å². The molecule has 0 aromatic heterocycles. The first-order valence-electron chi connectivity index (χ1n) is 46.6. The number of nitrogens with one attached hydrogen (secondary N) is 2. The Balaban J connectivity index is 0.000000135. The minimum absolute atomic E-state index is 0.296. The van der Waals surface area contributed by atoms with Gasteiger partial charge in [-0.2, -0.15) is 0 Å². The van der Waals surface area contributed by atoms with Gasteiger partial charge in [0.15, 0.2) is 0 Å². The van der Waals surface area contributed by atoms with E-state index in [1.807, 2.05) is 151 Å². The Morgan fingerprint density at radius 3 is 1.00 bits per heavy atom. The van der Waals surface area contributed by atoms with Crippen LogP contribution in [0.5, 0.6) is 0 Å². The lowest BCUT2D eigenvalue weighted by Gasteiger charge is -2.33. The van der Waals surface area contributed by atoms with Crippen LogP contribution in [0.15, 0.2) is 287 Å². The van der Waals surface area contributed by atoms with Crippen molar-refractivity contribution >= 4 is 132 Å². The van der Waals surface area contributed by atoms with Crippen molar-refractivity contribution in [3.05, 3.63) is 285 Å². The van der Waals surface area contributed by atoms with Gasteiger partial charge >= 0.3 is 0 Å². The predicted octanol–water partition coefficient (Wildman–Crippen LogP) is 32.4. The minimum atomic E-state index is -3.48. The molecule has 6 heterocycles. The molecule has 132 heavy (non-hydrogen) atoms. The number of sulfone groups is 4. The van der Waals surface area contributed by atoms with Crippen molar-refractivity contribution in [1.82, 2.24) is 0 Å². The van der Waals surface area contributed by atoms with E-state index in [0.29, 0.717) is 122 Å². The zero-order valence-corrected chi connectivity index (χ0v) is 87.6. The Labute approximate surface area is 802 Å². The number of nitrogens with zero attached hydrogens (tertiary/aromatic N) is 3. The maximum atomic E-state index is 13.2. The van der Waals surface area contributed by atoms with E-state index in [1.54, 1.807) is 42.1 Å². The van der Waals surface area contributed by atoms with Gasteiger partial charge < -0.3 is 25.3 Å². The number of hydrogen-bond donors (Lipinski definition) is 2. The fourth-order valence-electron chi connectivity index (χ4n) is 16.8. The molecule has 0 bridgehead atoms. The van der Waals surface area contributed by atoms with Crippen molar-refractivity contribution in [2.75, 3.05) is 46.0 Å². The largest absolute Gasteiger partial charge is 0.354 e. The third kappa shape index (κ3) is 20.7. The van der Waals surface area contributed by atoms with Crippen molar-refractivity contribution in [3.63, 3.8) is 0 Å². The van der Waals surface area contributed by atoms with Crippen LogP contribution in [0.25, 0.3) is 0 Å². The van der Waals surface area contributed by atoms with Crippen molar-refractivity contribution in [2.24, 2.45) is 0 Å². The van der Waals surface area contributed by atoms with Gasteiger partial charge in [-0.1, -0.05) is 274 Å². The number of hydrogen-bond acceptors (Lipinski definition) is 16. The first kappa shape index (κ1) is 100.0. The Hall–Kier alpha value is -9.51. The standard InChI is InChI=1S/C20H25NO2S.C19H23NO2S.C19H23NS.C18H21NO2S.C18H21NS.C18H20O2S2/c1-6-21-17-9-7-16(14(4)5)12-20(17)24(22,23)19-10-8-15(13(2)3)11-18(19)21;1-12(2)14-7-9-18-17(10-14)20(5)16-8-6-15(13(3)4)11-19(16)23(18,21)22;1-12(2)14-7-9-18-17(10-14)20(5)16-8-6-15(13(3)4)11-19(16)21-18;1-11(2)13-6-8-17-16(9-13)19-15-7-5-14(12(3)4)10-18(15)22(17,20)21;1-11(2)13-6-8-17-16(9-13)19-15-7-5-14(12(3)4)10-18(15)20-17;1-11(2)13-6-8-17-16(9-13)21-15-7-5-14(12(3)4)10-18(15)22(17,19)20/h7-14H,6H2,1-5H3;6-13H,1-5H3;6-13H,1-5H3;5-12,19H,1-4H3;5-12,19H,1-4H3;5-12H,1-4H3. The van der Waals surface area contributed by atoms with E-state index in [4.69, 9.17) is 0 Å². The van der Waals surface area contributed by atoms with Crippen LogP contribution >= 0.6 is 35.3 Å². The fourth-order valence-corrected chi connectivity index (χ4v) is 27.2. The molecular weight excluding hydrogens is 1770 g/mol. The molecule has 6 aliphatic rings. The molecule has 12 aromatic rings. The lowest BCUT2D eigenvalue weighted by atomic mass is 10.0. The molecule has 2 N–H and O–H groups in total. The quantitative estimate of drug-likeness (QED) is 0.112. The fraction of sp³-hybridized carbons (Fsp3) is 0.357. The molecule has 13 nitrogen and oxygen atoms in total. The third-order valence-corrected chi connectivity index (χ3v) is 36.7. The van der Waals surface area contributed by atoms with E-state index >= 15 is 0 Å². The van der Waals surface area contributed by atoms with Gasteiger partial charge in [0, 0.05) is 50.0 Å². The number of benzene rings is 12. The second-order valence-electron chi connectivity index (χ2n) is 39.1. The maximum Gasteiger partial charge on any atom is 0.210 e. The first-order chi connectivity index (χ1) is 62.1. The number of anilines is 10. The average molecular weight is 1900 g/mol. The number of rotatable bonds is 13. The van der Waals surface area contributed by atoms with Gasteiger partial charge in [0.05, 0.1) is 96.0 Å². The van der Waals surface area contributed by atoms with Crippen LogP contribution < -0.4 is 25.3 Å². The summed E-state index contributed by atoms with van der Waals surface area (Å²) in [6.45, 7) is 54.2. The van der Waals surface area contributed by atoms with Crippen molar-refractivity contribution in [3.8, 4) is 0 Å². The summed E-state index contributed by atoms with van der Waals surface area (Å²) in [6, 6.07) is 73.0. The molecule has 0 saturated carbocycles. The van der Waals surface area contributed by atoms with Crippen LogP contribution in [0.2, 0.25) is 0 Å². The van der Waals surface area contributed by atoms with Crippen LogP contribution in [0.3, 0.4) is 0 Å². The molecule has 20 heteroatoms. The summed E-state index contributed by atoms with van der Waals surface area (Å²) in [5.41, 5.74) is 24.0. The molecule has 0 fully saturated rings. The monoisotopic (exact) mass is 1900 g/mol. The van der Waals surface area contributed by atoms with Crippen LogP contribution in [0, 0.1) is 0 Å². The second-order valence-corrected chi connectivity index (χ2v) is 49.9. The van der Waals surface area contributed by atoms with Crippen molar-refractivity contribution < 1.29 is 33.7 Å². The summed E-state index contributed by atoms with van der Waals surface area (Å²) in [7, 11) is -9.73. The first-order valence-corrected chi connectivity index (χ1v) is 55.0. The summed E-state index contributed by atoms with van der Waals surface area (Å²) >= 11 is 5.33.